The highest BCUT2D eigenvalue weighted by Crippen LogP contribution is 2.28. The molecule has 15 heavy (non-hydrogen) atoms. The van der Waals surface area contributed by atoms with Crippen molar-refractivity contribution in [3.63, 3.8) is 0 Å². The number of nitrogens with one attached hydrogen (secondary N) is 1. The van der Waals surface area contributed by atoms with Crippen molar-refractivity contribution >= 4 is 5.97 Å². The van der Waals surface area contributed by atoms with Crippen LogP contribution in [0.4, 0.5) is 0 Å². The molecular weight excluding hydrogens is 194 g/mol. The topological polar surface area (TPSA) is 58.6 Å². The Bertz CT molecular complexity index is 212. The Labute approximate surface area is 91.0 Å². The molecule has 1 rings (SSSR count). The lowest BCUT2D eigenvalue weighted by Gasteiger charge is -2.24. The summed E-state index contributed by atoms with van der Waals surface area (Å²) in [5.74, 6) is -0.251. The van der Waals surface area contributed by atoms with E-state index in [0.717, 1.165) is 25.7 Å². The molecule has 1 fully saturated rings. The van der Waals surface area contributed by atoms with E-state index in [9.17, 15) is 9.90 Å². The van der Waals surface area contributed by atoms with Crippen molar-refractivity contribution in [1.29, 1.82) is 0 Å². The molecule has 1 saturated carbocycles. The second-order valence-corrected chi connectivity index (χ2v) is 4.29. The fourth-order valence-electron chi connectivity index (χ4n) is 1.90. The molecule has 1 atom stereocenters. The van der Waals surface area contributed by atoms with E-state index in [1.54, 1.807) is 13.8 Å². The monoisotopic (exact) mass is 215 g/mol. The van der Waals surface area contributed by atoms with Gasteiger partial charge in [0.25, 0.3) is 0 Å². The molecule has 0 amide bonds. The summed E-state index contributed by atoms with van der Waals surface area (Å²) in [5, 5.41) is 13.1. The van der Waals surface area contributed by atoms with E-state index in [2.05, 4.69) is 5.32 Å². The van der Waals surface area contributed by atoms with Crippen LogP contribution in [0.2, 0.25) is 0 Å². The average Bonchev–Trinajstić information content (AvgIpc) is 2.63. The van der Waals surface area contributed by atoms with E-state index in [1.807, 2.05) is 0 Å². The molecule has 1 aliphatic carbocycles. The summed E-state index contributed by atoms with van der Waals surface area (Å²) < 4.78 is 4.87. The van der Waals surface area contributed by atoms with Gasteiger partial charge in [0, 0.05) is 6.54 Å². The maximum Gasteiger partial charge on any atom is 0.322 e. The highest BCUT2D eigenvalue weighted by molar-refractivity contribution is 5.75. The van der Waals surface area contributed by atoms with Gasteiger partial charge in [-0.15, -0.1) is 0 Å². The Morgan fingerprint density at radius 2 is 2.13 bits per heavy atom. The predicted molar refractivity (Wildman–Crippen MR) is 57.5 cm³/mol. The fourth-order valence-corrected chi connectivity index (χ4v) is 1.90. The minimum atomic E-state index is -0.610. The number of hydrogen-bond donors (Lipinski definition) is 2. The van der Waals surface area contributed by atoms with Gasteiger partial charge in [0.15, 0.2) is 0 Å². The average molecular weight is 215 g/mol. The lowest BCUT2D eigenvalue weighted by molar-refractivity contribution is -0.145. The lowest BCUT2D eigenvalue weighted by atomic mass is 10.0. The second kappa shape index (κ2) is 5.47. The van der Waals surface area contributed by atoms with Crippen LogP contribution in [-0.2, 0) is 9.53 Å². The Kier molecular flexibility index (Phi) is 4.54. The summed E-state index contributed by atoms with van der Waals surface area (Å²) in [4.78, 5) is 11.3. The van der Waals surface area contributed by atoms with Gasteiger partial charge in [-0.1, -0.05) is 12.8 Å². The van der Waals surface area contributed by atoms with Crippen molar-refractivity contribution in [2.45, 2.75) is 51.2 Å². The van der Waals surface area contributed by atoms with Crippen molar-refractivity contribution in [1.82, 2.24) is 5.32 Å². The largest absolute Gasteiger partial charge is 0.465 e. The molecule has 4 nitrogen and oxygen atoms in total. The van der Waals surface area contributed by atoms with Crippen LogP contribution in [0.1, 0.15) is 39.5 Å². The fraction of sp³-hybridized carbons (Fsp3) is 0.909. The minimum Gasteiger partial charge on any atom is -0.465 e. The molecule has 0 aromatic carbocycles. The SMILES string of the molecule is CCOC(=O)C(C)NCC1(O)CCCC1. The van der Waals surface area contributed by atoms with Crippen LogP contribution in [0, 0.1) is 0 Å². The van der Waals surface area contributed by atoms with E-state index < -0.39 is 5.60 Å². The third kappa shape index (κ3) is 3.80. The Balaban J connectivity index is 2.26. The first-order valence-electron chi connectivity index (χ1n) is 5.70. The smallest absolute Gasteiger partial charge is 0.322 e. The molecule has 0 aromatic heterocycles. The molecule has 4 heteroatoms. The van der Waals surface area contributed by atoms with Gasteiger partial charge in [-0.2, -0.15) is 0 Å². The normalized spacial score (nSPS) is 21.3. The Morgan fingerprint density at radius 3 is 2.67 bits per heavy atom. The zero-order valence-corrected chi connectivity index (χ0v) is 9.58. The minimum absolute atomic E-state index is 0.251. The molecule has 0 spiro atoms. The highest BCUT2D eigenvalue weighted by atomic mass is 16.5. The van der Waals surface area contributed by atoms with Gasteiger partial charge in [-0.05, 0) is 26.7 Å². The van der Waals surface area contributed by atoms with Crippen molar-refractivity contribution in [3.05, 3.63) is 0 Å². The van der Waals surface area contributed by atoms with Crippen molar-refractivity contribution in [2.24, 2.45) is 0 Å². The van der Waals surface area contributed by atoms with Crippen molar-refractivity contribution in [2.75, 3.05) is 13.2 Å². The standard InChI is InChI=1S/C11H21NO3/c1-3-15-10(13)9(2)12-8-11(14)6-4-5-7-11/h9,12,14H,3-8H2,1-2H3. The van der Waals surface area contributed by atoms with Gasteiger partial charge in [-0.3, -0.25) is 4.79 Å². The summed E-state index contributed by atoms with van der Waals surface area (Å²) in [6, 6.07) is -0.338. The highest BCUT2D eigenvalue weighted by Gasteiger charge is 2.31. The summed E-state index contributed by atoms with van der Waals surface area (Å²) in [6.45, 7) is 4.42. The maximum absolute atomic E-state index is 11.3. The molecule has 0 aliphatic heterocycles. The van der Waals surface area contributed by atoms with Gasteiger partial charge < -0.3 is 15.2 Å². The van der Waals surface area contributed by atoms with Crippen LogP contribution in [-0.4, -0.2) is 35.9 Å². The summed E-state index contributed by atoms with van der Waals surface area (Å²) >= 11 is 0. The van der Waals surface area contributed by atoms with Crippen molar-refractivity contribution < 1.29 is 14.6 Å². The molecule has 2 N–H and O–H groups in total. The van der Waals surface area contributed by atoms with Crippen LogP contribution in [0.15, 0.2) is 0 Å². The Morgan fingerprint density at radius 1 is 1.53 bits per heavy atom. The molecular formula is C11H21NO3. The molecule has 0 aromatic rings. The third-order valence-corrected chi connectivity index (χ3v) is 2.91. The van der Waals surface area contributed by atoms with Crippen LogP contribution >= 0.6 is 0 Å². The molecule has 1 unspecified atom stereocenters. The molecule has 0 radical (unpaired) electrons. The zero-order valence-electron chi connectivity index (χ0n) is 9.58. The van der Waals surface area contributed by atoms with Gasteiger partial charge in [0.05, 0.1) is 12.2 Å². The number of hydrogen-bond acceptors (Lipinski definition) is 4. The van der Waals surface area contributed by atoms with E-state index in [0.29, 0.717) is 13.2 Å². The van der Waals surface area contributed by atoms with Crippen LogP contribution in [0.25, 0.3) is 0 Å². The number of carbonyl (C=O) groups is 1. The third-order valence-electron chi connectivity index (χ3n) is 2.91. The Hall–Kier alpha value is -0.610. The first-order chi connectivity index (χ1) is 7.07. The van der Waals surface area contributed by atoms with Crippen molar-refractivity contribution in [3.8, 4) is 0 Å². The summed E-state index contributed by atoms with van der Waals surface area (Å²) in [5.41, 5.74) is -0.610. The van der Waals surface area contributed by atoms with Crippen LogP contribution in [0.5, 0.6) is 0 Å². The number of ether oxygens (including phenoxy) is 1. The lowest BCUT2D eigenvalue weighted by Crippen LogP contribution is -2.45. The van der Waals surface area contributed by atoms with E-state index in [4.69, 9.17) is 4.74 Å². The molecule has 0 bridgehead atoms. The van der Waals surface area contributed by atoms with Gasteiger partial charge >= 0.3 is 5.97 Å². The molecule has 1 aliphatic rings. The summed E-state index contributed by atoms with van der Waals surface area (Å²) in [6.07, 6.45) is 3.81. The first kappa shape index (κ1) is 12.5. The molecule has 88 valence electrons. The maximum atomic E-state index is 11.3. The van der Waals surface area contributed by atoms with E-state index in [-0.39, 0.29) is 12.0 Å². The number of aliphatic hydroxyl groups is 1. The van der Waals surface area contributed by atoms with E-state index in [1.165, 1.54) is 0 Å². The van der Waals surface area contributed by atoms with Gasteiger partial charge in [-0.25, -0.2) is 0 Å². The van der Waals surface area contributed by atoms with Crippen LogP contribution in [0.3, 0.4) is 0 Å². The quantitative estimate of drug-likeness (QED) is 0.667. The van der Waals surface area contributed by atoms with Crippen LogP contribution < -0.4 is 5.32 Å². The number of rotatable bonds is 5. The first-order valence-corrected chi connectivity index (χ1v) is 5.70. The zero-order chi connectivity index (χ0) is 11.3. The van der Waals surface area contributed by atoms with Gasteiger partial charge in [0.1, 0.15) is 6.04 Å². The second-order valence-electron chi connectivity index (χ2n) is 4.29. The predicted octanol–water partition coefficient (Wildman–Crippen LogP) is 0.833. The molecule has 0 heterocycles. The number of esters is 1. The summed E-state index contributed by atoms with van der Waals surface area (Å²) in [7, 11) is 0. The number of carbonyl (C=O) groups excluding carboxylic acids is 1. The van der Waals surface area contributed by atoms with E-state index >= 15 is 0 Å². The molecule has 0 saturated heterocycles. The van der Waals surface area contributed by atoms with Gasteiger partial charge in [0.2, 0.25) is 0 Å².